The predicted octanol–water partition coefficient (Wildman–Crippen LogP) is 1.97. The Kier molecular flexibility index (Phi) is 4.04. The SMILES string of the molecule is O=C(Cn1nnc2ccccc2c1=O)N1CCC[C@H]2CCCC[C@@H]21. The number of piperidine rings is 1. The van der Waals surface area contributed by atoms with E-state index in [1.165, 1.54) is 30.4 Å². The molecule has 1 aromatic carbocycles. The molecular formula is C18H22N4O2. The molecule has 1 aliphatic carbocycles. The fourth-order valence-corrected chi connectivity index (χ4v) is 4.28. The average molecular weight is 326 g/mol. The second kappa shape index (κ2) is 6.34. The molecule has 1 saturated carbocycles. The number of aromatic nitrogens is 3. The van der Waals surface area contributed by atoms with Gasteiger partial charge in [0.25, 0.3) is 5.56 Å². The predicted molar refractivity (Wildman–Crippen MR) is 90.5 cm³/mol. The topological polar surface area (TPSA) is 68.1 Å². The largest absolute Gasteiger partial charge is 0.338 e. The summed E-state index contributed by atoms with van der Waals surface area (Å²) in [7, 11) is 0. The number of carbonyl (C=O) groups is 1. The van der Waals surface area contributed by atoms with Crippen molar-refractivity contribution in [3.8, 4) is 0 Å². The fourth-order valence-electron chi connectivity index (χ4n) is 4.28. The summed E-state index contributed by atoms with van der Waals surface area (Å²) in [6.07, 6.45) is 7.08. The highest BCUT2D eigenvalue weighted by molar-refractivity contribution is 5.78. The Morgan fingerprint density at radius 2 is 1.92 bits per heavy atom. The molecule has 0 unspecified atom stereocenters. The first-order valence-electron chi connectivity index (χ1n) is 8.86. The van der Waals surface area contributed by atoms with Crippen LogP contribution in [0.1, 0.15) is 38.5 Å². The summed E-state index contributed by atoms with van der Waals surface area (Å²) >= 11 is 0. The van der Waals surface area contributed by atoms with E-state index >= 15 is 0 Å². The Morgan fingerprint density at radius 3 is 2.83 bits per heavy atom. The molecule has 2 fully saturated rings. The summed E-state index contributed by atoms with van der Waals surface area (Å²) in [5.74, 6) is 0.633. The molecule has 126 valence electrons. The van der Waals surface area contributed by atoms with Gasteiger partial charge >= 0.3 is 0 Å². The molecule has 1 saturated heterocycles. The molecule has 0 bridgehead atoms. The monoisotopic (exact) mass is 326 g/mol. The highest BCUT2D eigenvalue weighted by Crippen LogP contribution is 2.35. The lowest BCUT2D eigenvalue weighted by Crippen LogP contribution is -2.51. The van der Waals surface area contributed by atoms with E-state index in [4.69, 9.17) is 0 Å². The third-order valence-corrected chi connectivity index (χ3v) is 5.48. The summed E-state index contributed by atoms with van der Waals surface area (Å²) in [5, 5.41) is 8.52. The molecule has 2 atom stereocenters. The Bertz CT molecular complexity index is 814. The number of nitrogens with zero attached hydrogens (tertiary/aromatic N) is 4. The number of rotatable bonds is 2. The van der Waals surface area contributed by atoms with Crippen molar-refractivity contribution in [2.75, 3.05) is 6.54 Å². The maximum Gasteiger partial charge on any atom is 0.278 e. The standard InChI is InChI=1S/C18H22N4O2/c23-17(21-11-5-7-13-6-1-4-10-16(13)21)12-22-18(24)14-8-2-3-9-15(14)19-20-22/h2-3,8-9,13,16H,1,4-7,10-12H2/t13-,16+/m1/s1. The maximum absolute atomic E-state index is 12.8. The molecule has 2 heterocycles. The second-order valence-corrected chi connectivity index (χ2v) is 6.91. The van der Waals surface area contributed by atoms with Gasteiger partial charge in [0.1, 0.15) is 12.1 Å². The van der Waals surface area contributed by atoms with Crippen molar-refractivity contribution in [1.29, 1.82) is 0 Å². The first-order valence-corrected chi connectivity index (χ1v) is 8.86. The molecule has 6 heteroatoms. The zero-order chi connectivity index (χ0) is 16.5. The van der Waals surface area contributed by atoms with Crippen LogP contribution in [-0.2, 0) is 11.3 Å². The van der Waals surface area contributed by atoms with Gasteiger partial charge in [-0.1, -0.05) is 30.2 Å². The van der Waals surface area contributed by atoms with E-state index < -0.39 is 0 Å². The quantitative estimate of drug-likeness (QED) is 0.846. The highest BCUT2D eigenvalue weighted by atomic mass is 16.2. The summed E-state index contributed by atoms with van der Waals surface area (Å²) < 4.78 is 1.21. The van der Waals surface area contributed by atoms with Crippen LogP contribution in [-0.4, -0.2) is 38.4 Å². The van der Waals surface area contributed by atoms with Crippen LogP contribution in [0.3, 0.4) is 0 Å². The molecule has 1 aromatic heterocycles. The summed E-state index contributed by atoms with van der Waals surface area (Å²) in [6.45, 7) is 0.787. The normalized spacial score (nSPS) is 23.9. The first-order chi connectivity index (χ1) is 11.7. The molecule has 2 aromatic rings. The zero-order valence-corrected chi connectivity index (χ0v) is 13.7. The number of benzene rings is 1. The van der Waals surface area contributed by atoms with Crippen LogP contribution in [0.5, 0.6) is 0 Å². The molecule has 0 radical (unpaired) electrons. The number of likely N-dealkylation sites (tertiary alicyclic amines) is 1. The molecular weight excluding hydrogens is 304 g/mol. The van der Waals surface area contributed by atoms with Crippen molar-refractivity contribution in [2.24, 2.45) is 5.92 Å². The lowest BCUT2D eigenvalue weighted by Gasteiger charge is -2.44. The Hall–Kier alpha value is -2.24. The van der Waals surface area contributed by atoms with Crippen LogP contribution in [0.15, 0.2) is 29.1 Å². The van der Waals surface area contributed by atoms with Crippen LogP contribution >= 0.6 is 0 Å². The van der Waals surface area contributed by atoms with Crippen LogP contribution in [0, 0.1) is 5.92 Å². The van der Waals surface area contributed by atoms with Crippen molar-refractivity contribution in [1.82, 2.24) is 19.9 Å². The number of amides is 1. The summed E-state index contributed by atoms with van der Waals surface area (Å²) in [6, 6.07) is 7.46. The van der Waals surface area contributed by atoms with E-state index in [1.807, 2.05) is 11.0 Å². The van der Waals surface area contributed by atoms with Gasteiger partial charge in [0.15, 0.2) is 0 Å². The number of hydrogen-bond acceptors (Lipinski definition) is 4. The molecule has 0 spiro atoms. The van der Waals surface area contributed by atoms with Gasteiger partial charge in [0, 0.05) is 12.6 Å². The Balaban J connectivity index is 1.57. The molecule has 0 N–H and O–H groups in total. The van der Waals surface area contributed by atoms with Crippen molar-refractivity contribution < 1.29 is 4.79 Å². The minimum Gasteiger partial charge on any atom is -0.338 e. The van der Waals surface area contributed by atoms with Gasteiger partial charge < -0.3 is 4.90 Å². The number of carbonyl (C=O) groups excluding carboxylic acids is 1. The third kappa shape index (κ3) is 2.70. The zero-order valence-electron chi connectivity index (χ0n) is 13.7. The van der Waals surface area contributed by atoms with E-state index in [-0.39, 0.29) is 18.0 Å². The second-order valence-electron chi connectivity index (χ2n) is 6.91. The third-order valence-electron chi connectivity index (χ3n) is 5.48. The molecule has 6 nitrogen and oxygen atoms in total. The van der Waals surface area contributed by atoms with Gasteiger partial charge in [0.2, 0.25) is 5.91 Å². The van der Waals surface area contributed by atoms with Crippen LogP contribution in [0.2, 0.25) is 0 Å². The van der Waals surface area contributed by atoms with E-state index in [2.05, 4.69) is 10.3 Å². The molecule has 1 amide bonds. The van der Waals surface area contributed by atoms with Crippen LogP contribution in [0.4, 0.5) is 0 Å². The van der Waals surface area contributed by atoms with E-state index in [0.717, 1.165) is 19.4 Å². The average Bonchev–Trinajstić information content (AvgIpc) is 2.63. The van der Waals surface area contributed by atoms with Crippen molar-refractivity contribution >= 4 is 16.8 Å². The number of hydrogen-bond donors (Lipinski definition) is 0. The van der Waals surface area contributed by atoms with Gasteiger partial charge in [-0.15, -0.1) is 5.10 Å². The fraction of sp³-hybridized carbons (Fsp3) is 0.556. The van der Waals surface area contributed by atoms with Crippen molar-refractivity contribution in [3.05, 3.63) is 34.6 Å². The molecule has 2 aliphatic rings. The smallest absolute Gasteiger partial charge is 0.278 e. The van der Waals surface area contributed by atoms with Gasteiger partial charge in [0.05, 0.1) is 5.39 Å². The van der Waals surface area contributed by atoms with E-state index in [0.29, 0.717) is 22.9 Å². The Morgan fingerprint density at radius 1 is 1.12 bits per heavy atom. The summed E-state index contributed by atoms with van der Waals surface area (Å²) in [4.78, 5) is 27.3. The van der Waals surface area contributed by atoms with E-state index in [1.54, 1.807) is 18.2 Å². The molecule has 4 rings (SSSR count). The highest BCUT2D eigenvalue weighted by Gasteiger charge is 2.35. The van der Waals surface area contributed by atoms with Crippen LogP contribution in [0.25, 0.3) is 10.9 Å². The Labute approximate surface area is 140 Å². The van der Waals surface area contributed by atoms with Crippen molar-refractivity contribution in [2.45, 2.75) is 51.1 Å². The summed E-state index contributed by atoms with van der Waals surface area (Å²) in [5.41, 5.74) is 0.322. The van der Waals surface area contributed by atoms with Gasteiger partial charge in [-0.25, -0.2) is 4.68 Å². The lowest BCUT2D eigenvalue weighted by molar-refractivity contribution is -0.138. The van der Waals surface area contributed by atoms with E-state index in [9.17, 15) is 9.59 Å². The number of fused-ring (bicyclic) bond motifs is 2. The first kappa shape index (κ1) is 15.3. The van der Waals surface area contributed by atoms with Crippen molar-refractivity contribution in [3.63, 3.8) is 0 Å². The lowest BCUT2D eigenvalue weighted by atomic mass is 9.78. The minimum absolute atomic E-state index is 0.00159. The van der Waals surface area contributed by atoms with Gasteiger partial charge in [-0.3, -0.25) is 9.59 Å². The van der Waals surface area contributed by atoms with Crippen LogP contribution < -0.4 is 5.56 Å². The molecule has 1 aliphatic heterocycles. The minimum atomic E-state index is -0.244. The molecule has 24 heavy (non-hydrogen) atoms. The van der Waals surface area contributed by atoms with Gasteiger partial charge in [-0.05, 0) is 43.7 Å². The maximum atomic E-state index is 12.8. The van der Waals surface area contributed by atoms with Gasteiger partial charge in [-0.2, -0.15) is 0 Å².